The second kappa shape index (κ2) is 5.11. The molecule has 1 heterocycles. The monoisotopic (exact) mass is 172 g/mol. The lowest BCUT2D eigenvalue weighted by atomic mass is 10.3. The number of hydrogen-bond donors (Lipinski definition) is 2. The summed E-state index contributed by atoms with van der Waals surface area (Å²) in [6, 6.07) is 0. The van der Waals surface area contributed by atoms with Crippen LogP contribution >= 0.6 is 0 Å². The summed E-state index contributed by atoms with van der Waals surface area (Å²) < 4.78 is 0. The van der Waals surface area contributed by atoms with Crippen molar-refractivity contribution >= 4 is 5.91 Å². The van der Waals surface area contributed by atoms with Crippen LogP contribution in [0.25, 0.3) is 0 Å². The molecule has 4 nitrogen and oxygen atoms in total. The molecular formula is C8H16N2O2. The van der Waals surface area contributed by atoms with Gasteiger partial charge in [0, 0.05) is 26.2 Å². The molecule has 1 fully saturated rings. The Balaban J connectivity index is 2.26. The summed E-state index contributed by atoms with van der Waals surface area (Å²) in [4.78, 5) is 13.1. The summed E-state index contributed by atoms with van der Waals surface area (Å²) in [7, 11) is 0. The molecule has 0 aliphatic carbocycles. The van der Waals surface area contributed by atoms with Crippen LogP contribution in [0.2, 0.25) is 0 Å². The predicted molar refractivity (Wildman–Crippen MR) is 45.8 cm³/mol. The molecule has 0 spiro atoms. The van der Waals surface area contributed by atoms with Crippen LogP contribution in [0.1, 0.15) is 12.8 Å². The van der Waals surface area contributed by atoms with E-state index in [-0.39, 0.29) is 12.5 Å². The third kappa shape index (κ3) is 3.19. The number of aliphatic hydroxyl groups excluding tert-OH is 1. The maximum Gasteiger partial charge on any atom is 0.234 e. The quantitative estimate of drug-likeness (QED) is 0.585. The van der Waals surface area contributed by atoms with Crippen LogP contribution in [0.15, 0.2) is 0 Å². The molecule has 70 valence electrons. The zero-order chi connectivity index (χ0) is 8.81. The SMILES string of the molecule is O=C1CN(CCCO)CCCN1. The van der Waals surface area contributed by atoms with Crippen LogP contribution in [-0.4, -0.2) is 48.7 Å². The summed E-state index contributed by atoms with van der Waals surface area (Å²) in [5, 5.41) is 11.4. The predicted octanol–water partition coefficient (Wildman–Crippen LogP) is -0.809. The first-order valence-corrected chi connectivity index (χ1v) is 4.43. The molecule has 0 unspecified atom stereocenters. The smallest absolute Gasteiger partial charge is 0.234 e. The van der Waals surface area contributed by atoms with Crippen LogP contribution in [0.4, 0.5) is 0 Å². The fourth-order valence-electron chi connectivity index (χ4n) is 1.35. The van der Waals surface area contributed by atoms with Crippen molar-refractivity contribution in [3.63, 3.8) is 0 Å². The van der Waals surface area contributed by atoms with Gasteiger partial charge in [0.05, 0.1) is 6.54 Å². The summed E-state index contributed by atoms with van der Waals surface area (Å²) in [5.41, 5.74) is 0. The third-order valence-corrected chi connectivity index (χ3v) is 1.97. The molecule has 1 amide bonds. The van der Waals surface area contributed by atoms with Crippen molar-refractivity contribution in [3.8, 4) is 0 Å². The molecule has 1 saturated heterocycles. The Labute approximate surface area is 72.6 Å². The molecule has 0 atom stereocenters. The number of rotatable bonds is 3. The zero-order valence-corrected chi connectivity index (χ0v) is 7.25. The molecule has 1 rings (SSSR count). The first kappa shape index (κ1) is 9.48. The van der Waals surface area contributed by atoms with Crippen molar-refractivity contribution in [2.45, 2.75) is 12.8 Å². The summed E-state index contributed by atoms with van der Waals surface area (Å²) in [6.07, 6.45) is 1.77. The second-order valence-corrected chi connectivity index (χ2v) is 3.06. The average molecular weight is 172 g/mol. The maximum atomic E-state index is 11.0. The lowest BCUT2D eigenvalue weighted by Crippen LogP contribution is -2.33. The van der Waals surface area contributed by atoms with Gasteiger partial charge in [-0.05, 0) is 12.8 Å². The van der Waals surface area contributed by atoms with Gasteiger partial charge in [-0.1, -0.05) is 0 Å². The lowest BCUT2D eigenvalue weighted by Gasteiger charge is -2.16. The molecule has 4 heteroatoms. The van der Waals surface area contributed by atoms with E-state index < -0.39 is 0 Å². The second-order valence-electron chi connectivity index (χ2n) is 3.06. The largest absolute Gasteiger partial charge is 0.396 e. The maximum absolute atomic E-state index is 11.0. The van der Waals surface area contributed by atoms with E-state index in [2.05, 4.69) is 10.2 Å². The van der Waals surface area contributed by atoms with Gasteiger partial charge in [0.1, 0.15) is 0 Å². The van der Waals surface area contributed by atoms with Gasteiger partial charge in [-0.3, -0.25) is 9.69 Å². The van der Waals surface area contributed by atoms with Crippen molar-refractivity contribution in [2.24, 2.45) is 0 Å². The van der Waals surface area contributed by atoms with E-state index in [9.17, 15) is 4.79 Å². The van der Waals surface area contributed by atoms with Crippen molar-refractivity contribution in [3.05, 3.63) is 0 Å². The van der Waals surface area contributed by atoms with E-state index in [1.54, 1.807) is 0 Å². The fraction of sp³-hybridized carbons (Fsp3) is 0.875. The zero-order valence-electron chi connectivity index (χ0n) is 7.25. The summed E-state index contributed by atoms with van der Waals surface area (Å²) in [5.74, 6) is 0.102. The molecule has 1 aliphatic rings. The number of hydrogen-bond acceptors (Lipinski definition) is 3. The molecule has 0 radical (unpaired) electrons. The number of nitrogens with one attached hydrogen (secondary N) is 1. The Morgan fingerprint density at radius 3 is 3.17 bits per heavy atom. The highest BCUT2D eigenvalue weighted by atomic mass is 16.3. The summed E-state index contributed by atoms with van der Waals surface area (Å²) >= 11 is 0. The first-order valence-electron chi connectivity index (χ1n) is 4.43. The van der Waals surface area contributed by atoms with E-state index >= 15 is 0 Å². The molecule has 2 N–H and O–H groups in total. The van der Waals surface area contributed by atoms with Gasteiger partial charge in [0.2, 0.25) is 5.91 Å². The Kier molecular flexibility index (Phi) is 4.04. The number of amides is 1. The highest BCUT2D eigenvalue weighted by molar-refractivity contribution is 5.78. The highest BCUT2D eigenvalue weighted by Crippen LogP contribution is 1.96. The Hall–Kier alpha value is -0.610. The molecule has 0 bridgehead atoms. The average Bonchev–Trinajstić information content (AvgIpc) is 2.26. The van der Waals surface area contributed by atoms with Crippen LogP contribution in [0, 0.1) is 0 Å². The van der Waals surface area contributed by atoms with Gasteiger partial charge in [-0.15, -0.1) is 0 Å². The first-order chi connectivity index (χ1) is 5.83. The molecule has 1 aliphatic heterocycles. The lowest BCUT2D eigenvalue weighted by molar-refractivity contribution is -0.121. The molecule has 0 aromatic heterocycles. The number of aliphatic hydroxyl groups is 1. The van der Waals surface area contributed by atoms with Crippen LogP contribution < -0.4 is 5.32 Å². The van der Waals surface area contributed by atoms with Gasteiger partial charge in [-0.2, -0.15) is 0 Å². The summed E-state index contributed by atoms with van der Waals surface area (Å²) in [6.45, 7) is 3.26. The molecule has 0 aromatic carbocycles. The van der Waals surface area contributed by atoms with Crippen LogP contribution in [0.5, 0.6) is 0 Å². The van der Waals surface area contributed by atoms with Gasteiger partial charge >= 0.3 is 0 Å². The van der Waals surface area contributed by atoms with E-state index in [4.69, 9.17) is 5.11 Å². The number of nitrogens with zero attached hydrogens (tertiary/aromatic N) is 1. The van der Waals surface area contributed by atoms with Crippen molar-refractivity contribution in [1.29, 1.82) is 0 Å². The minimum atomic E-state index is 0.102. The van der Waals surface area contributed by atoms with E-state index in [1.807, 2.05) is 0 Å². The minimum Gasteiger partial charge on any atom is -0.396 e. The Morgan fingerprint density at radius 2 is 2.42 bits per heavy atom. The standard InChI is InChI=1S/C8H16N2O2/c11-6-2-5-10-4-1-3-9-8(12)7-10/h11H,1-7H2,(H,9,12). The molecule has 0 saturated carbocycles. The van der Waals surface area contributed by atoms with Crippen molar-refractivity contribution < 1.29 is 9.90 Å². The molecular weight excluding hydrogens is 156 g/mol. The van der Waals surface area contributed by atoms with Gasteiger partial charge in [0.25, 0.3) is 0 Å². The minimum absolute atomic E-state index is 0.102. The van der Waals surface area contributed by atoms with Crippen molar-refractivity contribution in [2.75, 3.05) is 32.8 Å². The van der Waals surface area contributed by atoms with Gasteiger partial charge in [-0.25, -0.2) is 0 Å². The third-order valence-electron chi connectivity index (χ3n) is 1.97. The topological polar surface area (TPSA) is 52.6 Å². The fourth-order valence-corrected chi connectivity index (χ4v) is 1.35. The van der Waals surface area contributed by atoms with E-state index in [1.165, 1.54) is 0 Å². The van der Waals surface area contributed by atoms with Gasteiger partial charge < -0.3 is 10.4 Å². The molecule has 0 aromatic rings. The highest BCUT2D eigenvalue weighted by Gasteiger charge is 2.12. The van der Waals surface area contributed by atoms with Gasteiger partial charge in [0.15, 0.2) is 0 Å². The number of carbonyl (C=O) groups is 1. The van der Waals surface area contributed by atoms with Crippen LogP contribution in [0.3, 0.4) is 0 Å². The van der Waals surface area contributed by atoms with Crippen molar-refractivity contribution in [1.82, 2.24) is 10.2 Å². The number of carbonyl (C=O) groups excluding carboxylic acids is 1. The van der Waals surface area contributed by atoms with Crippen LogP contribution in [-0.2, 0) is 4.79 Å². The Morgan fingerprint density at radius 1 is 1.58 bits per heavy atom. The normalized spacial score (nSPS) is 20.2. The van der Waals surface area contributed by atoms with E-state index in [0.29, 0.717) is 6.54 Å². The van der Waals surface area contributed by atoms with E-state index in [0.717, 1.165) is 32.5 Å². The molecule has 12 heavy (non-hydrogen) atoms. The Bertz CT molecular complexity index is 150.